The van der Waals surface area contributed by atoms with Gasteiger partial charge in [0.05, 0.1) is 12.2 Å². The van der Waals surface area contributed by atoms with Crippen molar-refractivity contribution in [2.24, 2.45) is 17.3 Å². The third kappa shape index (κ3) is 3.57. The Morgan fingerprint density at radius 2 is 1.78 bits per heavy atom. The summed E-state index contributed by atoms with van der Waals surface area (Å²) in [5.41, 5.74) is 1.91. The maximum atomic E-state index is 11.2. The van der Waals surface area contributed by atoms with Crippen molar-refractivity contribution in [3.05, 3.63) is 47.5 Å². The van der Waals surface area contributed by atoms with Crippen molar-refractivity contribution in [2.45, 2.75) is 77.5 Å². The predicted molar refractivity (Wildman–Crippen MR) is 113 cm³/mol. The summed E-state index contributed by atoms with van der Waals surface area (Å²) < 4.78 is 6.73. The van der Waals surface area contributed by atoms with Crippen molar-refractivity contribution in [2.75, 3.05) is 0 Å². The smallest absolute Gasteiger partial charge is 0.192 e. The first kappa shape index (κ1) is 20.8. The first-order valence-electron chi connectivity index (χ1n) is 10.2. The molecule has 1 aromatic carbocycles. The molecular formula is C23H36O3Si. The lowest BCUT2D eigenvalue weighted by Crippen LogP contribution is -2.64. The lowest BCUT2D eigenvalue weighted by Gasteiger charge is -2.63. The molecule has 3 aliphatic rings. The van der Waals surface area contributed by atoms with Gasteiger partial charge in [-0.15, -0.1) is 0 Å². The fourth-order valence-electron chi connectivity index (χ4n) is 4.51. The number of fused-ring (bicyclic) bond motifs is 2. The highest BCUT2D eigenvalue weighted by atomic mass is 28.4. The third-order valence-electron chi connectivity index (χ3n) is 7.52. The van der Waals surface area contributed by atoms with E-state index >= 15 is 0 Å². The Morgan fingerprint density at radius 3 is 2.30 bits per heavy atom. The number of benzene rings is 1. The Balaban J connectivity index is 1.91. The molecule has 27 heavy (non-hydrogen) atoms. The van der Waals surface area contributed by atoms with E-state index in [-0.39, 0.29) is 16.6 Å². The van der Waals surface area contributed by atoms with E-state index in [2.05, 4.69) is 47.7 Å². The van der Waals surface area contributed by atoms with Gasteiger partial charge < -0.3 is 14.6 Å². The van der Waals surface area contributed by atoms with Crippen LogP contribution in [0.3, 0.4) is 0 Å². The number of aliphatic hydroxyl groups excluding tert-OH is 2. The quantitative estimate of drug-likeness (QED) is 0.559. The van der Waals surface area contributed by atoms with Crippen molar-refractivity contribution in [1.29, 1.82) is 0 Å². The van der Waals surface area contributed by atoms with E-state index in [0.29, 0.717) is 11.8 Å². The molecule has 3 saturated carbocycles. The van der Waals surface area contributed by atoms with Gasteiger partial charge in [0.25, 0.3) is 0 Å². The van der Waals surface area contributed by atoms with Gasteiger partial charge in [-0.1, -0.05) is 65.0 Å². The fourth-order valence-corrected chi connectivity index (χ4v) is 5.83. The second-order valence-electron chi connectivity index (χ2n) is 10.5. The molecule has 3 nitrogen and oxygen atoms in total. The summed E-state index contributed by atoms with van der Waals surface area (Å²) in [6, 6.07) is 9.66. The minimum atomic E-state index is -2.00. The molecule has 0 aromatic heterocycles. The summed E-state index contributed by atoms with van der Waals surface area (Å²) in [7, 11) is -2.00. The Hall–Kier alpha value is -0.943. The molecule has 4 heteroatoms. The highest BCUT2D eigenvalue weighted by molar-refractivity contribution is 6.74. The van der Waals surface area contributed by atoms with Crippen LogP contribution in [0.1, 0.15) is 52.7 Å². The van der Waals surface area contributed by atoms with Crippen LogP contribution < -0.4 is 0 Å². The van der Waals surface area contributed by atoms with Crippen LogP contribution in [0.5, 0.6) is 0 Å². The highest BCUT2D eigenvalue weighted by Crippen LogP contribution is 2.62. The van der Waals surface area contributed by atoms with Gasteiger partial charge in [-0.25, -0.2) is 0 Å². The van der Waals surface area contributed by atoms with Crippen LogP contribution in [0.2, 0.25) is 18.1 Å². The fraction of sp³-hybridized carbons (Fsp3) is 0.652. The van der Waals surface area contributed by atoms with Gasteiger partial charge in [0.2, 0.25) is 0 Å². The molecular weight excluding hydrogens is 352 g/mol. The van der Waals surface area contributed by atoms with Crippen LogP contribution in [0.4, 0.5) is 0 Å². The Bertz CT molecular complexity index is 702. The lowest BCUT2D eigenvalue weighted by atomic mass is 9.45. The standard InChI is InChI=1S/C23H36O3Si/c1-22(2,3)27(6,7)26-21-18-14-17(23(18,4)5)16(20(21)25)13-19(24)15-11-9-8-10-12-15/h8-13,17-21,24-25H,14H2,1-7H3/t17-,18+,19+,20+,21+/m0/s1. The molecule has 0 heterocycles. The molecule has 4 rings (SSSR count). The first-order chi connectivity index (χ1) is 12.4. The van der Waals surface area contributed by atoms with Crippen molar-refractivity contribution < 1.29 is 14.6 Å². The van der Waals surface area contributed by atoms with Crippen molar-refractivity contribution >= 4 is 8.32 Å². The number of aliphatic hydroxyl groups is 2. The van der Waals surface area contributed by atoms with Crippen molar-refractivity contribution in [3.8, 4) is 0 Å². The molecule has 0 saturated heterocycles. The van der Waals surface area contributed by atoms with Crippen molar-refractivity contribution in [3.63, 3.8) is 0 Å². The third-order valence-corrected chi connectivity index (χ3v) is 12.0. The van der Waals surface area contributed by atoms with E-state index in [9.17, 15) is 10.2 Å². The number of hydrogen-bond acceptors (Lipinski definition) is 3. The van der Waals surface area contributed by atoms with Crippen LogP contribution in [0.15, 0.2) is 42.0 Å². The zero-order valence-corrected chi connectivity index (χ0v) is 18.9. The van der Waals surface area contributed by atoms with Gasteiger partial charge in [0.1, 0.15) is 6.10 Å². The van der Waals surface area contributed by atoms with E-state index in [0.717, 1.165) is 17.6 Å². The normalized spacial score (nSPS) is 32.9. The van der Waals surface area contributed by atoms with Crippen LogP contribution in [-0.2, 0) is 4.43 Å². The first-order valence-corrected chi connectivity index (χ1v) is 13.1. The van der Waals surface area contributed by atoms with Crippen molar-refractivity contribution in [1.82, 2.24) is 0 Å². The molecule has 0 unspecified atom stereocenters. The van der Waals surface area contributed by atoms with E-state index in [1.54, 1.807) is 0 Å². The summed E-state index contributed by atoms with van der Waals surface area (Å²) >= 11 is 0. The average molecular weight is 389 g/mol. The van der Waals surface area contributed by atoms with Gasteiger partial charge in [-0.3, -0.25) is 0 Å². The monoisotopic (exact) mass is 388 g/mol. The SMILES string of the molecule is CC1(C)[C@@H]2C[C@H]1C(=C[C@@H](O)c1ccccc1)[C@@H](O)[C@@H]2O[Si](C)(C)C(C)(C)C. The molecule has 3 aliphatic carbocycles. The molecule has 2 bridgehead atoms. The molecule has 5 atom stereocenters. The van der Waals surface area contributed by atoms with Gasteiger partial charge in [0.15, 0.2) is 8.32 Å². The molecule has 0 radical (unpaired) electrons. The number of hydrogen-bond donors (Lipinski definition) is 2. The van der Waals surface area contributed by atoms with E-state index in [1.807, 2.05) is 36.4 Å². The minimum absolute atomic E-state index is 0.0918. The lowest BCUT2D eigenvalue weighted by molar-refractivity contribution is -0.151. The minimum Gasteiger partial charge on any atom is -0.411 e. The highest BCUT2D eigenvalue weighted by Gasteiger charge is 2.61. The van der Waals surface area contributed by atoms with Gasteiger partial charge in [-0.05, 0) is 59.0 Å². The molecule has 2 N–H and O–H groups in total. The molecule has 150 valence electrons. The van der Waals surface area contributed by atoms with E-state index in [1.165, 1.54) is 0 Å². The summed E-state index contributed by atoms with van der Waals surface area (Å²) in [5.74, 6) is 0.688. The maximum Gasteiger partial charge on any atom is 0.192 e. The maximum absolute atomic E-state index is 11.2. The van der Waals surface area contributed by atoms with E-state index < -0.39 is 20.5 Å². The molecule has 1 aromatic rings. The molecule has 0 amide bonds. The average Bonchev–Trinajstić information content (AvgIpc) is 2.57. The van der Waals surface area contributed by atoms with Crippen LogP contribution >= 0.6 is 0 Å². The Labute approximate surface area is 165 Å². The molecule has 3 fully saturated rings. The predicted octanol–water partition coefficient (Wildman–Crippen LogP) is 5.07. The second kappa shape index (κ2) is 6.84. The summed E-state index contributed by atoms with van der Waals surface area (Å²) in [5, 5.41) is 22.0. The second-order valence-corrected chi connectivity index (χ2v) is 15.3. The molecule has 0 aliphatic heterocycles. The van der Waals surface area contributed by atoms with E-state index in [4.69, 9.17) is 4.43 Å². The summed E-state index contributed by atoms with van der Waals surface area (Å²) in [6.45, 7) is 15.8. The van der Waals surface area contributed by atoms with Crippen LogP contribution in [0, 0.1) is 17.3 Å². The number of rotatable bonds is 4. The Kier molecular flexibility index (Phi) is 5.26. The van der Waals surface area contributed by atoms with Crippen LogP contribution in [-0.4, -0.2) is 30.7 Å². The summed E-state index contributed by atoms with van der Waals surface area (Å²) in [4.78, 5) is 0. The Morgan fingerprint density at radius 1 is 1.19 bits per heavy atom. The zero-order chi connectivity index (χ0) is 20.2. The topological polar surface area (TPSA) is 49.7 Å². The van der Waals surface area contributed by atoms with Gasteiger partial charge in [-0.2, -0.15) is 0 Å². The zero-order valence-electron chi connectivity index (χ0n) is 17.9. The summed E-state index contributed by atoms with van der Waals surface area (Å²) in [6.07, 6.45) is 1.41. The van der Waals surface area contributed by atoms with Gasteiger partial charge in [0, 0.05) is 0 Å². The van der Waals surface area contributed by atoms with Crippen LogP contribution in [0.25, 0.3) is 0 Å². The molecule has 0 spiro atoms. The largest absolute Gasteiger partial charge is 0.411 e. The van der Waals surface area contributed by atoms with Gasteiger partial charge >= 0.3 is 0 Å².